The lowest BCUT2D eigenvalue weighted by atomic mass is 9.96. The maximum absolute atomic E-state index is 12.7. The Morgan fingerprint density at radius 2 is 1.92 bits per heavy atom. The molecule has 3 saturated heterocycles. The Hall–Kier alpha value is -0.680. The molecule has 5 unspecified atom stereocenters. The summed E-state index contributed by atoms with van der Waals surface area (Å²) in [6, 6.07) is 6.09. The standard InChI is InChI=1S/C17H23NO6S2/c1-11-2-4-12(5-3-11)26(20,21)24-16-15(19)14(13-10-22-17(16)23-13)18-6-8-25-9-7-18/h2-5,13-17,19H,6-10H2,1H3. The number of thioether (sulfide) groups is 1. The van der Waals surface area contributed by atoms with E-state index in [4.69, 9.17) is 13.7 Å². The van der Waals surface area contributed by atoms with Crippen LogP contribution >= 0.6 is 11.8 Å². The number of rotatable bonds is 4. The minimum atomic E-state index is -4.03. The van der Waals surface area contributed by atoms with Crippen LogP contribution in [0.5, 0.6) is 0 Å². The van der Waals surface area contributed by atoms with Gasteiger partial charge in [-0.2, -0.15) is 20.2 Å². The van der Waals surface area contributed by atoms with Gasteiger partial charge in [0.25, 0.3) is 10.1 Å². The van der Waals surface area contributed by atoms with Gasteiger partial charge in [-0.1, -0.05) is 17.7 Å². The molecule has 0 saturated carbocycles. The smallest absolute Gasteiger partial charge is 0.297 e. The van der Waals surface area contributed by atoms with Gasteiger partial charge in [-0.05, 0) is 19.1 Å². The van der Waals surface area contributed by atoms with E-state index >= 15 is 0 Å². The predicted octanol–water partition coefficient (Wildman–Crippen LogP) is 0.602. The molecule has 0 aromatic heterocycles. The molecule has 26 heavy (non-hydrogen) atoms. The number of hydrogen-bond donors (Lipinski definition) is 1. The average molecular weight is 402 g/mol. The molecule has 1 aromatic carbocycles. The first-order chi connectivity index (χ1) is 12.5. The average Bonchev–Trinajstić information content (AvgIpc) is 3.06. The molecule has 0 aliphatic carbocycles. The monoisotopic (exact) mass is 401 g/mol. The van der Waals surface area contributed by atoms with Crippen LogP contribution in [0.1, 0.15) is 5.56 Å². The number of ether oxygens (including phenoxy) is 2. The van der Waals surface area contributed by atoms with Crippen LogP contribution in [-0.2, 0) is 23.8 Å². The summed E-state index contributed by atoms with van der Waals surface area (Å²) in [4.78, 5) is 2.22. The number of fused-ring (bicyclic) bond motifs is 2. The molecule has 144 valence electrons. The van der Waals surface area contributed by atoms with Crippen molar-refractivity contribution in [2.45, 2.75) is 42.5 Å². The third kappa shape index (κ3) is 3.54. The zero-order valence-electron chi connectivity index (χ0n) is 14.5. The molecule has 1 N–H and O–H groups in total. The van der Waals surface area contributed by atoms with Gasteiger partial charge in [0.05, 0.1) is 17.5 Å². The quantitative estimate of drug-likeness (QED) is 0.735. The van der Waals surface area contributed by atoms with Crippen molar-refractivity contribution in [1.82, 2.24) is 4.90 Å². The third-order valence-electron chi connectivity index (χ3n) is 5.08. The lowest BCUT2D eigenvalue weighted by Gasteiger charge is -2.44. The van der Waals surface area contributed by atoms with E-state index in [9.17, 15) is 13.5 Å². The minimum Gasteiger partial charge on any atom is -0.388 e. The van der Waals surface area contributed by atoms with E-state index in [1.807, 2.05) is 18.7 Å². The lowest BCUT2D eigenvalue weighted by molar-refractivity contribution is -0.207. The SMILES string of the molecule is Cc1ccc(S(=O)(=O)OC2C3OCC(O3)C(N3CCSCC3)C2O)cc1. The van der Waals surface area contributed by atoms with E-state index in [-0.39, 0.29) is 17.0 Å². The fraction of sp³-hybridized carbons (Fsp3) is 0.647. The van der Waals surface area contributed by atoms with E-state index in [1.54, 1.807) is 12.1 Å². The van der Waals surface area contributed by atoms with E-state index in [2.05, 4.69) is 4.90 Å². The number of nitrogens with zero attached hydrogens (tertiary/aromatic N) is 1. The second-order valence-electron chi connectivity index (χ2n) is 6.83. The highest BCUT2D eigenvalue weighted by molar-refractivity contribution is 7.99. The topological polar surface area (TPSA) is 85.3 Å². The maximum atomic E-state index is 12.7. The van der Waals surface area contributed by atoms with Crippen LogP contribution in [0, 0.1) is 6.92 Å². The van der Waals surface area contributed by atoms with Crippen LogP contribution in [-0.4, -0.2) is 80.3 Å². The fourth-order valence-corrected chi connectivity index (χ4v) is 5.71. The summed E-state index contributed by atoms with van der Waals surface area (Å²) in [5, 5.41) is 10.9. The first-order valence-corrected chi connectivity index (χ1v) is 11.3. The number of aliphatic hydroxyl groups is 1. The first-order valence-electron chi connectivity index (χ1n) is 8.72. The summed E-state index contributed by atoms with van der Waals surface area (Å²) < 4.78 is 42.1. The van der Waals surface area contributed by atoms with Gasteiger partial charge in [0.15, 0.2) is 12.4 Å². The molecule has 4 rings (SSSR count). The highest BCUT2D eigenvalue weighted by Crippen LogP contribution is 2.35. The van der Waals surface area contributed by atoms with E-state index in [1.165, 1.54) is 12.1 Å². The van der Waals surface area contributed by atoms with Crippen LogP contribution in [0.3, 0.4) is 0 Å². The number of hydrogen-bond acceptors (Lipinski definition) is 8. The summed E-state index contributed by atoms with van der Waals surface area (Å²) >= 11 is 1.87. The highest BCUT2D eigenvalue weighted by Gasteiger charge is 2.54. The second kappa shape index (κ2) is 7.38. The summed E-state index contributed by atoms with van der Waals surface area (Å²) in [6.07, 6.45) is -3.21. The molecule has 0 amide bonds. The normalized spacial score (nSPS) is 35.5. The molecule has 9 heteroatoms. The molecule has 0 radical (unpaired) electrons. The van der Waals surface area contributed by atoms with Crippen LogP contribution < -0.4 is 0 Å². The van der Waals surface area contributed by atoms with Crippen molar-refractivity contribution in [3.63, 3.8) is 0 Å². The Bertz CT molecular complexity index is 734. The molecule has 5 atom stereocenters. The van der Waals surface area contributed by atoms with E-state index < -0.39 is 28.6 Å². The first kappa shape index (κ1) is 18.7. The third-order valence-corrected chi connectivity index (χ3v) is 7.35. The Morgan fingerprint density at radius 1 is 1.23 bits per heavy atom. The molecule has 7 nitrogen and oxygen atoms in total. The predicted molar refractivity (Wildman–Crippen MR) is 96.5 cm³/mol. The molecule has 3 aliphatic heterocycles. The highest BCUT2D eigenvalue weighted by atomic mass is 32.2. The molecule has 3 aliphatic rings. The van der Waals surface area contributed by atoms with Gasteiger partial charge in [-0.25, -0.2) is 0 Å². The van der Waals surface area contributed by atoms with Gasteiger partial charge >= 0.3 is 0 Å². The summed E-state index contributed by atoms with van der Waals surface area (Å²) in [5.41, 5.74) is 0.954. The van der Waals surface area contributed by atoms with Crippen molar-refractivity contribution in [3.8, 4) is 0 Å². The molecular weight excluding hydrogens is 378 g/mol. The Balaban J connectivity index is 1.56. The van der Waals surface area contributed by atoms with Crippen molar-refractivity contribution in [1.29, 1.82) is 0 Å². The molecule has 3 fully saturated rings. The van der Waals surface area contributed by atoms with Crippen molar-refractivity contribution in [3.05, 3.63) is 29.8 Å². The Morgan fingerprint density at radius 3 is 2.62 bits per heavy atom. The largest absolute Gasteiger partial charge is 0.388 e. The summed E-state index contributed by atoms with van der Waals surface area (Å²) in [6.45, 7) is 3.87. The minimum absolute atomic E-state index is 0.0568. The molecular formula is C17H23NO6S2. The molecule has 3 heterocycles. The number of benzene rings is 1. The number of aryl methyl sites for hydroxylation is 1. The van der Waals surface area contributed by atoms with Gasteiger partial charge in [0.2, 0.25) is 0 Å². The van der Waals surface area contributed by atoms with Gasteiger partial charge in [0, 0.05) is 24.6 Å². The van der Waals surface area contributed by atoms with Gasteiger partial charge in [-0.15, -0.1) is 0 Å². The zero-order valence-corrected chi connectivity index (χ0v) is 16.1. The van der Waals surface area contributed by atoms with Crippen molar-refractivity contribution in [2.24, 2.45) is 0 Å². The maximum Gasteiger partial charge on any atom is 0.297 e. The van der Waals surface area contributed by atoms with Crippen LogP contribution in [0.15, 0.2) is 29.2 Å². The number of aliphatic hydroxyl groups excluding tert-OH is 1. The van der Waals surface area contributed by atoms with Gasteiger partial charge in [-0.3, -0.25) is 9.08 Å². The Labute approximate surface area is 157 Å². The zero-order chi connectivity index (χ0) is 18.3. The van der Waals surface area contributed by atoms with Crippen molar-refractivity contribution >= 4 is 21.9 Å². The van der Waals surface area contributed by atoms with Gasteiger partial charge in [0.1, 0.15) is 12.2 Å². The molecule has 0 spiro atoms. The van der Waals surface area contributed by atoms with Crippen LogP contribution in [0.25, 0.3) is 0 Å². The van der Waals surface area contributed by atoms with Crippen LogP contribution in [0.2, 0.25) is 0 Å². The fourth-order valence-electron chi connectivity index (χ4n) is 3.70. The van der Waals surface area contributed by atoms with Crippen molar-refractivity contribution in [2.75, 3.05) is 31.2 Å². The van der Waals surface area contributed by atoms with Crippen molar-refractivity contribution < 1.29 is 27.2 Å². The lowest BCUT2D eigenvalue weighted by Crippen LogP contribution is -2.62. The van der Waals surface area contributed by atoms with Crippen LogP contribution in [0.4, 0.5) is 0 Å². The second-order valence-corrected chi connectivity index (χ2v) is 9.63. The van der Waals surface area contributed by atoms with E-state index in [0.29, 0.717) is 6.61 Å². The molecule has 2 bridgehead atoms. The summed E-state index contributed by atoms with van der Waals surface area (Å²) in [5.74, 6) is 1.96. The molecule has 1 aromatic rings. The van der Waals surface area contributed by atoms with Gasteiger partial charge < -0.3 is 14.6 Å². The summed E-state index contributed by atoms with van der Waals surface area (Å²) in [7, 11) is -4.03. The Kier molecular flexibility index (Phi) is 5.30. The van der Waals surface area contributed by atoms with E-state index in [0.717, 1.165) is 30.2 Å².